The van der Waals surface area contributed by atoms with Gasteiger partial charge >= 0.3 is 0 Å². The van der Waals surface area contributed by atoms with Gasteiger partial charge in [-0.2, -0.15) is 0 Å². The first kappa shape index (κ1) is 20.8. The molecule has 154 valence electrons. The first-order valence-electron chi connectivity index (χ1n) is 10.2. The monoisotopic (exact) mass is 394 g/mol. The summed E-state index contributed by atoms with van der Waals surface area (Å²) in [6, 6.07) is 12.2. The highest BCUT2D eigenvalue weighted by Crippen LogP contribution is 2.13. The maximum absolute atomic E-state index is 12.1. The lowest BCUT2D eigenvalue weighted by molar-refractivity contribution is -0.115. The van der Waals surface area contributed by atoms with E-state index in [1.807, 2.05) is 6.92 Å². The van der Waals surface area contributed by atoms with Crippen LogP contribution in [0, 0.1) is 0 Å². The molecule has 1 amide bonds. The van der Waals surface area contributed by atoms with Gasteiger partial charge < -0.3 is 16.0 Å². The molecule has 7 nitrogen and oxygen atoms in total. The van der Waals surface area contributed by atoms with Gasteiger partial charge in [0.1, 0.15) is 0 Å². The van der Waals surface area contributed by atoms with E-state index in [2.05, 4.69) is 55.1 Å². The Labute approximate surface area is 172 Å². The zero-order chi connectivity index (χ0) is 20.3. The predicted octanol–water partition coefficient (Wildman–Crippen LogP) is 2.37. The number of guanidine groups is 1. The van der Waals surface area contributed by atoms with Crippen molar-refractivity contribution in [2.45, 2.75) is 32.9 Å². The summed E-state index contributed by atoms with van der Waals surface area (Å²) >= 11 is 0. The van der Waals surface area contributed by atoms with Crippen molar-refractivity contribution in [3.63, 3.8) is 0 Å². The normalized spacial score (nSPS) is 14.6. The highest BCUT2D eigenvalue weighted by atomic mass is 16.1. The second-order valence-corrected chi connectivity index (χ2v) is 7.14. The van der Waals surface area contributed by atoms with Crippen molar-refractivity contribution in [2.24, 2.45) is 4.99 Å². The third-order valence-electron chi connectivity index (χ3n) is 4.75. The molecule has 0 atom stereocenters. The minimum absolute atomic E-state index is 0.134. The van der Waals surface area contributed by atoms with Crippen molar-refractivity contribution in [1.29, 1.82) is 0 Å². The van der Waals surface area contributed by atoms with Crippen LogP contribution in [0.3, 0.4) is 0 Å². The fraction of sp³-hybridized carbons (Fsp3) is 0.409. The van der Waals surface area contributed by atoms with E-state index in [0.717, 1.165) is 18.7 Å². The van der Waals surface area contributed by atoms with E-state index < -0.39 is 0 Å². The van der Waals surface area contributed by atoms with Crippen LogP contribution in [-0.4, -0.2) is 47.9 Å². The van der Waals surface area contributed by atoms with Gasteiger partial charge in [-0.3, -0.25) is 14.7 Å². The average Bonchev–Trinajstić information content (AvgIpc) is 3.25. The van der Waals surface area contributed by atoms with Gasteiger partial charge in [-0.1, -0.05) is 24.3 Å². The number of carbonyl (C=O) groups is 1. The molecule has 1 saturated heterocycles. The third-order valence-corrected chi connectivity index (χ3v) is 4.75. The zero-order valence-electron chi connectivity index (χ0n) is 17.0. The largest absolute Gasteiger partial charge is 0.357 e. The molecule has 1 aromatic heterocycles. The lowest BCUT2D eigenvalue weighted by Gasteiger charge is -2.14. The van der Waals surface area contributed by atoms with Crippen LogP contribution in [-0.2, 0) is 17.9 Å². The number of carbonyl (C=O) groups excluding carboxylic acids is 1. The quantitative estimate of drug-likeness (QED) is 0.473. The van der Waals surface area contributed by atoms with Crippen molar-refractivity contribution in [2.75, 3.05) is 31.5 Å². The second-order valence-electron chi connectivity index (χ2n) is 7.14. The van der Waals surface area contributed by atoms with Crippen LogP contribution in [0.25, 0.3) is 0 Å². The summed E-state index contributed by atoms with van der Waals surface area (Å²) in [7, 11) is 0. The molecule has 0 saturated carbocycles. The number of nitrogens with zero attached hydrogens (tertiary/aromatic N) is 3. The smallest absolute Gasteiger partial charge is 0.243 e. The van der Waals surface area contributed by atoms with Crippen molar-refractivity contribution in [1.82, 2.24) is 20.5 Å². The van der Waals surface area contributed by atoms with Crippen LogP contribution in [0.4, 0.5) is 5.69 Å². The van der Waals surface area contributed by atoms with E-state index in [4.69, 9.17) is 0 Å². The molecular formula is C22H30N6O. The molecule has 0 radical (unpaired) electrons. The van der Waals surface area contributed by atoms with Gasteiger partial charge in [0, 0.05) is 19.3 Å². The number of amides is 1. The minimum atomic E-state index is -0.144. The molecule has 29 heavy (non-hydrogen) atoms. The summed E-state index contributed by atoms with van der Waals surface area (Å²) in [6.45, 7) is 6.86. The maximum Gasteiger partial charge on any atom is 0.243 e. The summed E-state index contributed by atoms with van der Waals surface area (Å²) in [6.07, 6.45) is 5.91. The molecular weight excluding hydrogens is 364 g/mol. The molecule has 3 rings (SSSR count). The van der Waals surface area contributed by atoms with E-state index in [-0.39, 0.29) is 12.5 Å². The summed E-state index contributed by atoms with van der Waals surface area (Å²) in [5, 5.41) is 9.04. The van der Waals surface area contributed by atoms with Gasteiger partial charge in [-0.05, 0) is 56.1 Å². The Bertz CT molecular complexity index is 785. The van der Waals surface area contributed by atoms with Crippen LogP contribution in [0.1, 0.15) is 30.9 Å². The Hall–Kier alpha value is -2.93. The molecule has 2 heterocycles. The topological polar surface area (TPSA) is 81.7 Å². The van der Waals surface area contributed by atoms with Crippen LogP contribution in [0.5, 0.6) is 0 Å². The van der Waals surface area contributed by atoms with Crippen LogP contribution in [0.15, 0.2) is 53.8 Å². The number of pyridine rings is 1. The number of hydrogen-bond donors (Lipinski definition) is 3. The number of benzene rings is 1. The minimum Gasteiger partial charge on any atom is -0.357 e. The van der Waals surface area contributed by atoms with Crippen molar-refractivity contribution >= 4 is 17.6 Å². The highest BCUT2D eigenvalue weighted by Gasteiger charge is 2.11. The summed E-state index contributed by atoms with van der Waals surface area (Å²) < 4.78 is 0. The van der Waals surface area contributed by atoms with Crippen molar-refractivity contribution in [3.05, 3.63) is 59.9 Å². The molecule has 1 fully saturated rings. The zero-order valence-corrected chi connectivity index (χ0v) is 17.0. The Morgan fingerprint density at radius 2 is 1.86 bits per heavy atom. The lowest BCUT2D eigenvalue weighted by Crippen LogP contribution is -2.41. The number of rotatable bonds is 8. The van der Waals surface area contributed by atoms with Crippen LogP contribution < -0.4 is 16.0 Å². The average molecular weight is 395 g/mol. The summed E-state index contributed by atoms with van der Waals surface area (Å²) in [5.74, 6) is 0.477. The Morgan fingerprint density at radius 1 is 1.10 bits per heavy atom. The van der Waals surface area contributed by atoms with Crippen LogP contribution in [0.2, 0.25) is 0 Å². The summed E-state index contributed by atoms with van der Waals surface area (Å²) in [4.78, 5) is 23.2. The molecule has 0 aliphatic carbocycles. The number of likely N-dealkylation sites (tertiary alicyclic amines) is 1. The number of hydrogen-bond acceptors (Lipinski definition) is 4. The molecule has 0 bridgehead atoms. The molecule has 0 unspecified atom stereocenters. The first-order chi connectivity index (χ1) is 14.2. The molecule has 7 heteroatoms. The van der Waals surface area contributed by atoms with E-state index in [1.165, 1.54) is 31.5 Å². The first-order valence-corrected chi connectivity index (χ1v) is 10.2. The van der Waals surface area contributed by atoms with Gasteiger partial charge in [0.05, 0.1) is 25.0 Å². The molecule has 2 aromatic rings. The number of anilines is 1. The Balaban J connectivity index is 1.48. The maximum atomic E-state index is 12.1. The summed E-state index contributed by atoms with van der Waals surface area (Å²) in [5.41, 5.74) is 3.17. The fourth-order valence-corrected chi connectivity index (χ4v) is 3.27. The molecule has 1 aliphatic heterocycles. The second kappa shape index (κ2) is 11.2. The lowest BCUT2D eigenvalue weighted by atomic mass is 10.1. The highest BCUT2D eigenvalue weighted by molar-refractivity contribution is 5.94. The number of aliphatic imine (C=N–C) groups is 1. The van der Waals surface area contributed by atoms with E-state index in [1.54, 1.807) is 24.5 Å². The van der Waals surface area contributed by atoms with Gasteiger partial charge in [0.15, 0.2) is 5.96 Å². The van der Waals surface area contributed by atoms with Gasteiger partial charge in [0.25, 0.3) is 0 Å². The molecule has 1 aliphatic rings. The SMILES string of the molecule is CCNC(=NCc1ccc(CN2CCCC2)cc1)NCC(=O)Nc1cccnc1. The van der Waals surface area contributed by atoms with E-state index in [0.29, 0.717) is 18.2 Å². The van der Waals surface area contributed by atoms with Crippen LogP contribution >= 0.6 is 0 Å². The predicted molar refractivity (Wildman–Crippen MR) is 117 cm³/mol. The third kappa shape index (κ3) is 7.19. The Kier molecular flexibility index (Phi) is 8.01. The van der Waals surface area contributed by atoms with Crippen molar-refractivity contribution < 1.29 is 4.79 Å². The fourth-order valence-electron chi connectivity index (χ4n) is 3.27. The Morgan fingerprint density at radius 3 is 2.55 bits per heavy atom. The van der Waals surface area contributed by atoms with Gasteiger partial charge in [-0.25, -0.2) is 4.99 Å². The van der Waals surface area contributed by atoms with Crippen molar-refractivity contribution in [3.8, 4) is 0 Å². The van der Waals surface area contributed by atoms with Gasteiger partial charge in [-0.15, -0.1) is 0 Å². The standard InChI is InChI=1S/C22H30N6O/c1-2-24-22(26-16-21(29)27-20-6-5-11-23-15-20)25-14-18-7-9-19(10-8-18)17-28-12-3-4-13-28/h5-11,15H,2-4,12-14,16-17H2,1H3,(H,27,29)(H2,24,25,26). The molecule has 1 aromatic carbocycles. The number of nitrogens with one attached hydrogen (secondary N) is 3. The number of aromatic nitrogens is 1. The van der Waals surface area contributed by atoms with E-state index in [9.17, 15) is 4.79 Å². The van der Waals surface area contributed by atoms with E-state index >= 15 is 0 Å². The van der Waals surface area contributed by atoms with Gasteiger partial charge in [0.2, 0.25) is 5.91 Å². The molecule has 3 N–H and O–H groups in total. The molecule has 0 spiro atoms.